The van der Waals surface area contributed by atoms with E-state index < -0.39 is 0 Å². The molecule has 2 aromatic rings. The second-order valence-electron chi connectivity index (χ2n) is 5.75. The largest absolute Gasteiger partial charge is 0.489 e. The van der Waals surface area contributed by atoms with Gasteiger partial charge in [-0.2, -0.15) is 0 Å². The molecule has 0 aliphatic heterocycles. The summed E-state index contributed by atoms with van der Waals surface area (Å²) in [5.74, 6) is 1.12. The van der Waals surface area contributed by atoms with Gasteiger partial charge in [-0.25, -0.2) is 0 Å². The monoisotopic (exact) mass is 370 g/mol. The van der Waals surface area contributed by atoms with Crippen LogP contribution in [0.1, 0.15) is 24.5 Å². The van der Waals surface area contributed by atoms with Gasteiger partial charge >= 0.3 is 5.97 Å². The van der Waals surface area contributed by atoms with E-state index in [1.165, 1.54) is 0 Å². The van der Waals surface area contributed by atoms with Crippen LogP contribution in [-0.4, -0.2) is 33.1 Å². The first-order valence-electron chi connectivity index (χ1n) is 8.97. The molecule has 0 unspecified atom stereocenters. The lowest BCUT2D eigenvalue weighted by Gasteiger charge is -2.13. The number of carbonyl (C=O) groups is 1. The molecule has 27 heavy (non-hydrogen) atoms. The maximum absolute atomic E-state index is 11.6. The molecule has 0 fully saturated rings. The third-order valence-electron chi connectivity index (χ3n) is 3.73. The summed E-state index contributed by atoms with van der Waals surface area (Å²) in [6.45, 7) is 2.76. The molecule has 0 aromatic heterocycles. The van der Waals surface area contributed by atoms with Crippen molar-refractivity contribution < 1.29 is 23.7 Å². The van der Waals surface area contributed by atoms with Gasteiger partial charge in [0, 0.05) is 19.6 Å². The van der Waals surface area contributed by atoms with Crippen LogP contribution in [0.4, 0.5) is 0 Å². The second kappa shape index (κ2) is 11.8. The molecule has 0 saturated heterocycles. The molecule has 0 heterocycles. The Morgan fingerprint density at radius 2 is 1.89 bits per heavy atom. The number of rotatable bonds is 11. The van der Waals surface area contributed by atoms with Crippen LogP contribution in [0.2, 0.25) is 0 Å². The second-order valence-corrected chi connectivity index (χ2v) is 5.75. The molecule has 2 rings (SSSR count). The Kier molecular flexibility index (Phi) is 8.93. The van der Waals surface area contributed by atoms with Gasteiger partial charge in [-0.05, 0) is 36.6 Å². The minimum atomic E-state index is -0.216. The van der Waals surface area contributed by atoms with E-state index in [2.05, 4.69) is 0 Å². The molecule has 2 aromatic carbocycles. The van der Waals surface area contributed by atoms with Crippen molar-refractivity contribution in [2.24, 2.45) is 0 Å². The third kappa shape index (κ3) is 7.54. The van der Waals surface area contributed by atoms with E-state index in [1.807, 2.05) is 60.7 Å². The number of aryl methyl sites for hydroxylation is 1. The molecular formula is C22H26O5. The first-order valence-corrected chi connectivity index (χ1v) is 8.97. The summed E-state index contributed by atoms with van der Waals surface area (Å²) in [5, 5.41) is 0. The molecule has 144 valence electrons. The first-order chi connectivity index (χ1) is 13.2. The fourth-order valence-corrected chi connectivity index (χ4v) is 2.45. The molecule has 0 saturated carbocycles. The summed E-state index contributed by atoms with van der Waals surface area (Å²) < 4.78 is 21.3. The van der Waals surface area contributed by atoms with E-state index in [4.69, 9.17) is 18.9 Å². The highest BCUT2D eigenvalue weighted by molar-refractivity contribution is 5.69. The van der Waals surface area contributed by atoms with E-state index in [0.717, 1.165) is 11.1 Å². The van der Waals surface area contributed by atoms with Crippen molar-refractivity contribution in [3.8, 4) is 11.5 Å². The van der Waals surface area contributed by atoms with Gasteiger partial charge in [-0.3, -0.25) is 4.79 Å². The standard InChI is InChI=1S/C22H26O5/c1-3-25-22(23)14-12-19-11-13-20(27-17-24-2)16-21(19)26-15-7-10-18-8-5-4-6-9-18/h4-11,13,16H,3,12,14-15,17H2,1-2H3. The Hall–Kier alpha value is -2.79. The number of ether oxygens (including phenoxy) is 4. The smallest absolute Gasteiger partial charge is 0.306 e. The lowest BCUT2D eigenvalue weighted by atomic mass is 10.1. The molecule has 0 amide bonds. The Labute approximate surface area is 160 Å². The number of hydrogen-bond donors (Lipinski definition) is 0. The quantitative estimate of drug-likeness (QED) is 0.437. The summed E-state index contributed by atoms with van der Waals surface area (Å²) in [6, 6.07) is 15.6. The van der Waals surface area contributed by atoms with E-state index in [0.29, 0.717) is 37.6 Å². The van der Waals surface area contributed by atoms with Crippen LogP contribution in [0.3, 0.4) is 0 Å². The lowest BCUT2D eigenvalue weighted by Crippen LogP contribution is -2.07. The third-order valence-corrected chi connectivity index (χ3v) is 3.73. The van der Waals surface area contributed by atoms with Crippen molar-refractivity contribution >= 4 is 12.0 Å². The number of methoxy groups -OCH3 is 1. The van der Waals surface area contributed by atoms with Crippen molar-refractivity contribution in [2.75, 3.05) is 27.1 Å². The SMILES string of the molecule is CCOC(=O)CCc1ccc(OCOC)cc1OCC=Cc1ccccc1. The molecule has 0 N–H and O–H groups in total. The van der Waals surface area contributed by atoms with Crippen LogP contribution in [0.25, 0.3) is 6.08 Å². The van der Waals surface area contributed by atoms with Crippen molar-refractivity contribution in [3.05, 3.63) is 65.7 Å². The molecule has 0 bridgehead atoms. The Bertz CT molecular complexity index is 725. The van der Waals surface area contributed by atoms with Gasteiger partial charge in [0.2, 0.25) is 0 Å². The van der Waals surface area contributed by atoms with E-state index in [1.54, 1.807) is 14.0 Å². The fourth-order valence-electron chi connectivity index (χ4n) is 2.45. The Morgan fingerprint density at radius 1 is 1.07 bits per heavy atom. The molecule has 0 atom stereocenters. The Morgan fingerprint density at radius 3 is 2.63 bits per heavy atom. The predicted molar refractivity (Wildman–Crippen MR) is 105 cm³/mol. The van der Waals surface area contributed by atoms with Gasteiger partial charge in [-0.1, -0.05) is 42.5 Å². The zero-order chi connectivity index (χ0) is 19.3. The highest BCUT2D eigenvalue weighted by atomic mass is 16.7. The molecule has 0 aliphatic carbocycles. The zero-order valence-corrected chi connectivity index (χ0v) is 15.9. The van der Waals surface area contributed by atoms with E-state index in [9.17, 15) is 4.79 Å². The maximum atomic E-state index is 11.6. The number of esters is 1. The highest BCUT2D eigenvalue weighted by Crippen LogP contribution is 2.26. The average molecular weight is 370 g/mol. The summed E-state index contributed by atoms with van der Waals surface area (Å²) >= 11 is 0. The van der Waals surface area contributed by atoms with E-state index in [-0.39, 0.29) is 12.8 Å². The van der Waals surface area contributed by atoms with Crippen LogP contribution in [-0.2, 0) is 20.7 Å². The van der Waals surface area contributed by atoms with Gasteiger partial charge < -0.3 is 18.9 Å². The van der Waals surface area contributed by atoms with Crippen molar-refractivity contribution in [3.63, 3.8) is 0 Å². The molecule has 0 aliphatic rings. The van der Waals surface area contributed by atoms with Gasteiger partial charge in [0.25, 0.3) is 0 Å². The highest BCUT2D eigenvalue weighted by Gasteiger charge is 2.09. The van der Waals surface area contributed by atoms with Crippen LogP contribution < -0.4 is 9.47 Å². The average Bonchev–Trinajstić information content (AvgIpc) is 2.70. The van der Waals surface area contributed by atoms with Crippen LogP contribution in [0.15, 0.2) is 54.6 Å². The molecule has 0 spiro atoms. The number of hydrogen-bond acceptors (Lipinski definition) is 5. The van der Waals surface area contributed by atoms with Crippen molar-refractivity contribution in [1.29, 1.82) is 0 Å². The van der Waals surface area contributed by atoms with E-state index >= 15 is 0 Å². The maximum Gasteiger partial charge on any atom is 0.306 e. The minimum Gasteiger partial charge on any atom is -0.489 e. The van der Waals surface area contributed by atoms with Crippen LogP contribution >= 0.6 is 0 Å². The minimum absolute atomic E-state index is 0.162. The normalized spacial score (nSPS) is 10.7. The van der Waals surface area contributed by atoms with Gasteiger partial charge in [0.05, 0.1) is 6.61 Å². The van der Waals surface area contributed by atoms with Gasteiger partial charge in [0.15, 0.2) is 6.79 Å². The summed E-state index contributed by atoms with van der Waals surface area (Å²) in [7, 11) is 1.57. The summed E-state index contributed by atoms with van der Waals surface area (Å²) in [6.07, 6.45) is 4.81. The molecule has 5 nitrogen and oxygen atoms in total. The van der Waals surface area contributed by atoms with Crippen molar-refractivity contribution in [1.82, 2.24) is 0 Å². The number of benzene rings is 2. The molecule has 5 heteroatoms. The van der Waals surface area contributed by atoms with Gasteiger partial charge in [-0.15, -0.1) is 0 Å². The predicted octanol–water partition coefficient (Wildman–Crippen LogP) is 4.26. The molecule has 0 radical (unpaired) electrons. The molecular weight excluding hydrogens is 344 g/mol. The fraction of sp³-hybridized carbons (Fsp3) is 0.318. The first kappa shape index (κ1) is 20.5. The summed E-state index contributed by atoms with van der Waals surface area (Å²) in [4.78, 5) is 11.6. The topological polar surface area (TPSA) is 54.0 Å². The van der Waals surface area contributed by atoms with Crippen LogP contribution in [0, 0.1) is 0 Å². The number of carbonyl (C=O) groups excluding carboxylic acids is 1. The summed E-state index contributed by atoms with van der Waals surface area (Å²) in [5.41, 5.74) is 2.04. The lowest BCUT2D eigenvalue weighted by molar-refractivity contribution is -0.143. The van der Waals surface area contributed by atoms with Gasteiger partial charge in [0.1, 0.15) is 18.1 Å². The van der Waals surface area contributed by atoms with Crippen LogP contribution in [0.5, 0.6) is 11.5 Å². The Balaban J connectivity index is 2.02. The van der Waals surface area contributed by atoms with Crippen molar-refractivity contribution in [2.45, 2.75) is 19.8 Å². The zero-order valence-electron chi connectivity index (χ0n) is 15.9.